The van der Waals surface area contributed by atoms with Gasteiger partial charge in [0.25, 0.3) is 0 Å². The number of hydrogen-bond donors (Lipinski definition) is 3. The van der Waals surface area contributed by atoms with E-state index in [2.05, 4.69) is 34.6 Å². The fourth-order valence-electron chi connectivity index (χ4n) is 9.87. The predicted octanol–water partition coefficient (Wildman–Crippen LogP) is 5.90. The van der Waals surface area contributed by atoms with Crippen molar-refractivity contribution >= 4 is 11.7 Å². The Kier molecular flexibility index (Phi) is 8.36. The standard InChI is InChI=1S/C37H49N3O6/c1-24-32(22-40-11-9-37(10-12-40)43-13-14-44-37)45-34(46-33(24)29-7-5-25(23-41)6-8-29)30-3-2-4-31(18-30)38-35(42)39-36-19-26-15-27(20-36)17-28(16-26)21-36/h2-8,18,24,26-28,32-34,41H,9-17,19-23H2,1H3,(H2,38,39,42). The normalized spacial score (nSPS) is 36.6. The molecule has 9 nitrogen and oxygen atoms in total. The van der Waals surface area contributed by atoms with Crippen LogP contribution in [0.2, 0.25) is 0 Å². The van der Waals surface area contributed by atoms with Gasteiger partial charge in [-0.15, -0.1) is 0 Å². The minimum atomic E-state index is -0.589. The molecule has 0 radical (unpaired) electrons. The highest BCUT2D eigenvalue weighted by atomic mass is 16.7. The van der Waals surface area contributed by atoms with Crippen molar-refractivity contribution in [2.45, 2.75) is 94.7 Å². The Morgan fingerprint density at radius 3 is 2.24 bits per heavy atom. The SMILES string of the molecule is CC1C(CN2CCC3(CC2)OCCO3)OC(c2cccc(NC(=O)NC34CC5CC(CC(C5)C3)C4)c2)OC1c1ccc(CO)cc1. The summed E-state index contributed by atoms with van der Waals surface area (Å²) < 4.78 is 25.4. The molecule has 4 atom stereocenters. The summed E-state index contributed by atoms with van der Waals surface area (Å²) in [4.78, 5) is 15.8. The van der Waals surface area contributed by atoms with E-state index in [1.54, 1.807) is 0 Å². The van der Waals surface area contributed by atoms with Crippen LogP contribution in [-0.2, 0) is 25.6 Å². The van der Waals surface area contributed by atoms with Crippen LogP contribution >= 0.6 is 0 Å². The Hall–Kier alpha value is -2.53. The molecule has 7 fully saturated rings. The summed E-state index contributed by atoms with van der Waals surface area (Å²) in [7, 11) is 0. The molecule has 3 heterocycles. The highest BCUT2D eigenvalue weighted by Crippen LogP contribution is 2.55. The monoisotopic (exact) mass is 631 g/mol. The highest BCUT2D eigenvalue weighted by molar-refractivity contribution is 5.90. The molecule has 2 aromatic carbocycles. The van der Waals surface area contributed by atoms with Crippen LogP contribution in [0.1, 0.15) is 87.4 Å². The lowest BCUT2D eigenvalue weighted by atomic mass is 9.53. The van der Waals surface area contributed by atoms with E-state index < -0.39 is 12.1 Å². The summed E-state index contributed by atoms with van der Waals surface area (Å²) in [5.74, 6) is 2.00. The molecule has 1 spiro atoms. The number of aliphatic hydroxyl groups is 1. The van der Waals surface area contributed by atoms with Crippen LogP contribution in [-0.4, -0.2) is 66.3 Å². The summed E-state index contributed by atoms with van der Waals surface area (Å²) in [5, 5.41) is 16.2. The molecule has 46 heavy (non-hydrogen) atoms. The van der Waals surface area contributed by atoms with Crippen LogP contribution in [0.5, 0.6) is 0 Å². The number of carbonyl (C=O) groups excluding carboxylic acids is 1. The van der Waals surface area contributed by atoms with Gasteiger partial charge in [0.1, 0.15) is 0 Å². The van der Waals surface area contributed by atoms with Crippen LogP contribution < -0.4 is 10.6 Å². The lowest BCUT2D eigenvalue weighted by Crippen LogP contribution is -2.60. The van der Waals surface area contributed by atoms with Crippen LogP contribution in [0.15, 0.2) is 48.5 Å². The second-order valence-electron chi connectivity index (χ2n) is 15.1. The Labute approximate surface area is 272 Å². The first kappa shape index (κ1) is 30.8. The van der Waals surface area contributed by atoms with Crippen LogP contribution in [0.3, 0.4) is 0 Å². The second-order valence-corrected chi connectivity index (χ2v) is 15.1. The average molecular weight is 632 g/mol. The van der Waals surface area contributed by atoms with Crippen molar-refractivity contribution in [3.8, 4) is 0 Å². The average Bonchev–Trinajstić information content (AvgIpc) is 3.50. The van der Waals surface area contributed by atoms with E-state index in [1.165, 1.54) is 19.3 Å². The van der Waals surface area contributed by atoms with Crippen molar-refractivity contribution < 1.29 is 28.8 Å². The second kappa shape index (κ2) is 12.5. The lowest BCUT2D eigenvalue weighted by molar-refractivity contribution is -0.278. The molecule has 2 aromatic rings. The van der Waals surface area contributed by atoms with E-state index >= 15 is 0 Å². The van der Waals surface area contributed by atoms with E-state index in [-0.39, 0.29) is 36.3 Å². The van der Waals surface area contributed by atoms with Crippen molar-refractivity contribution in [1.29, 1.82) is 0 Å². The maximum absolute atomic E-state index is 13.4. The number of anilines is 1. The van der Waals surface area contributed by atoms with Crippen molar-refractivity contribution in [3.05, 3.63) is 65.2 Å². The molecule has 3 N–H and O–H groups in total. The third kappa shape index (κ3) is 6.22. The summed E-state index contributed by atoms with van der Waals surface area (Å²) in [6.45, 7) is 6.14. The molecule has 4 saturated carbocycles. The van der Waals surface area contributed by atoms with Gasteiger partial charge in [0.2, 0.25) is 0 Å². The lowest BCUT2D eigenvalue weighted by Gasteiger charge is -2.56. The van der Waals surface area contributed by atoms with Gasteiger partial charge in [0, 0.05) is 55.2 Å². The minimum Gasteiger partial charge on any atom is -0.392 e. The van der Waals surface area contributed by atoms with Crippen LogP contribution in [0.25, 0.3) is 0 Å². The van der Waals surface area contributed by atoms with Gasteiger partial charge in [-0.25, -0.2) is 4.79 Å². The van der Waals surface area contributed by atoms with Gasteiger partial charge in [0.05, 0.1) is 32.0 Å². The first-order valence-electron chi connectivity index (χ1n) is 17.6. The molecule has 9 heteroatoms. The maximum Gasteiger partial charge on any atom is 0.319 e. The molecular formula is C37H49N3O6. The third-order valence-corrected chi connectivity index (χ3v) is 11.8. The molecular weight excluding hydrogens is 582 g/mol. The van der Waals surface area contributed by atoms with Gasteiger partial charge in [0.15, 0.2) is 12.1 Å². The van der Waals surface area contributed by atoms with Gasteiger partial charge in [-0.3, -0.25) is 0 Å². The van der Waals surface area contributed by atoms with Gasteiger partial charge in [-0.05, 0) is 79.5 Å². The van der Waals surface area contributed by atoms with Crippen molar-refractivity contribution in [2.75, 3.05) is 38.2 Å². The molecule has 9 rings (SSSR count). The summed E-state index contributed by atoms with van der Waals surface area (Å²) in [6, 6.07) is 15.8. The molecule has 0 aromatic heterocycles. The molecule has 4 unspecified atom stereocenters. The molecule has 7 aliphatic rings. The van der Waals surface area contributed by atoms with E-state index in [0.717, 1.165) is 91.9 Å². The number of rotatable bonds is 7. The van der Waals surface area contributed by atoms with Crippen molar-refractivity contribution in [1.82, 2.24) is 10.2 Å². The summed E-state index contributed by atoms with van der Waals surface area (Å²) in [6.07, 6.45) is 8.27. The molecule has 3 saturated heterocycles. The zero-order valence-corrected chi connectivity index (χ0v) is 27.0. The Balaban J connectivity index is 0.976. The molecule has 2 amide bonds. The van der Waals surface area contributed by atoms with E-state index in [0.29, 0.717) is 13.2 Å². The maximum atomic E-state index is 13.4. The number of carbonyl (C=O) groups is 1. The summed E-state index contributed by atoms with van der Waals surface area (Å²) >= 11 is 0. The summed E-state index contributed by atoms with van der Waals surface area (Å²) in [5.41, 5.74) is 3.52. The highest BCUT2D eigenvalue weighted by Gasteiger charge is 2.51. The topological polar surface area (TPSA) is 102 Å². The zero-order valence-electron chi connectivity index (χ0n) is 27.0. The number of amides is 2. The van der Waals surface area contributed by atoms with Gasteiger partial charge >= 0.3 is 6.03 Å². The largest absolute Gasteiger partial charge is 0.392 e. The molecule has 3 aliphatic heterocycles. The first-order valence-corrected chi connectivity index (χ1v) is 17.6. The quantitative estimate of drug-likeness (QED) is 0.350. The van der Waals surface area contributed by atoms with Crippen molar-refractivity contribution in [3.63, 3.8) is 0 Å². The van der Waals surface area contributed by atoms with Gasteiger partial charge in [-0.2, -0.15) is 0 Å². The number of nitrogens with zero attached hydrogens (tertiary/aromatic N) is 1. The number of aliphatic hydroxyl groups excluding tert-OH is 1. The molecule has 248 valence electrons. The third-order valence-electron chi connectivity index (χ3n) is 11.8. The van der Waals surface area contributed by atoms with Gasteiger partial charge in [-0.1, -0.05) is 43.3 Å². The number of hydrogen-bond acceptors (Lipinski definition) is 7. The van der Waals surface area contributed by atoms with Gasteiger partial charge < -0.3 is 39.6 Å². The Morgan fingerprint density at radius 2 is 1.59 bits per heavy atom. The predicted molar refractivity (Wildman–Crippen MR) is 173 cm³/mol. The number of likely N-dealkylation sites (tertiary alicyclic amines) is 1. The zero-order chi connectivity index (χ0) is 31.3. The molecule has 4 aliphatic carbocycles. The minimum absolute atomic E-state index is 0.00975. The van der Waals surface area contributed by atoms with Crippen molar-refractivity contribution in [2.24, 2.45) is 23.7 Å². The van der Waals surface area contributed by atoms with Crippen LogP contribution in [0.4, 0.5) is 10.5 Å². The number of ether oxygens (including phenoxy) is 4. The van der Waals surface area contributed by atoms with E-state index in [4.69, 9.17) is 18.9 Å². The smallest absolute Gasteiger partial charge is 0.319 e. The van der Waals surface area contributed by atoms with E-state index in [9.17, 15) is 9.90 Å². The van der Waals surface area contributed by atoms with Crippen LogP contribution in [0, 0.1) is 23.7 Å². The molecule has 4 bridgehead atoms. The number of urea groups is 1. The Morgan fingerprint density at radius 1 is 0.913 bits per heavy atom. The first-order chi connectivity index (χ1) is 22.4. The number of piperidine rings is 1. The fourth-order valence-corrected chi connectivity index (χ4v) is 9.87. The fraction of sp³-hybridized carbons (Fsp3) is 0.649. The Bertz CT molecular complexity index is 1350. The van der Waals surface area contributed by atoms with E-state index in [1.807, 2.05) is 36.4 Å². The number of benzene rings is 2. The number of nitrogens with one attached hydrogen (secondary N) is 2.